The van der Waals surface area contributed by atoms with Crippen molar-refractivity contribution in [2.45, 2.75) is 76.3 Å². The standard InChI is InChI=1S/C21H20FN9O2.C21H19FN8O3.C20H19FN10O2/c1-23-17-7-13(3-4-15(17)22)26-21(33)30-6-5-16-14(10-30)18-20(32)29(2)8-12(9-31(18)28-16)19-24-11-25-27-19;1-23-17-7-13(3-4-15(17)22)26-21(32)29-6-5-16-14(10-29)18-20(31)28(2)8-12(9-30(18)27-16)19-24-11-25-33-19;1-22-16-7-12(3-4-14(16)21)23-20(33)30-6-5-15-13(10-30)17-19(32)29(2)8-11(9-31(17)26-15)18-24-27-28-25-18/h3-4,7,11-12H,5-6,8-10H2,2H3,(H,26,33)(H,24,25,27);3-4,7,11-12H,5-6,8-10H2,2H3,(H,26,32);3-4,7,11H,5-6,8-10H2,2H3,(H,23,33)(H,24,25,27,28). The number of likely N-dealkylation sites (N-methyl/N-ethyl adjacent to an activating group) is 3. The summed E-state index contributed by atoms with van der Waals surface area (Å²) in [5.41, 5.74) is 6.36. The third kappa shape index (κ3) is 13.1. The van der Waals surface area contributed by atoms with Crippen molar-refractivity contribution in [2.75, 3.05) is 76.4 Å². The van der Waals surface area contributed by atoms with Crippen molar-refractivity contribution >= 4 is 69.9 Å². The van der Waals surface area contributed by atoms with Crippen LogP contribution in [-0.4, -0.2) is 201 Å². The van der Waals surface area contributed by atoms with Gasteiger partial charge < -0.3 is 49.9 Å². The van der Waals surface area contributed by atoms with Gasteiger partial charge in [0.15, 0.2) is 12.2 Å². The maximum Gasteiger partial charge on any atom is 0.322 e. The Hall–Kier alpha value is -12.9. The van der Waals surface area contributed by atoms with E-state index in [0.29, 0.717) is 141 Å². The molecule has 3 unspecified atom stereocenters. The molecule has 0 saturated heterocycles. The number of rotatable bonds is 6. The summed E-state index contributed by atoms with van der Waals surface area (Å²) in [4.78, 5) is 105. The minimum atomic E-state index is -0.644. The second-order valence-electron chi connectivity index (χ2n) is 24.1. The molecule has 5 N–H and O–H groups in total. The number of amides is 9. The Kier molecular flexibility index (Phi) is 17.7. The van der Waals surface area contributed by atoms with Crippen LogP contribution in [0, 0.1) is 37.2 Å². The second kappa shape index (κ2) is 27.1. The van der Waals surface area contributed by atoms with Crippen LogP contribution < -0.4 is 16.0 Å². The van der Waals surface area contributed by atoms with Crippen molar-refractivity contribution in [1.29, 1.82) is 0 Å². The van der Waals surface area contributed by atoms with Gasteiger partial charge in [-0.3, -0.25) is 33.5 Å². The topological polar surface area (TPSA) is 359 Å². The molecule has 6 aliphatic rings. The van der Waals surface area contributed by atoms with E-state index in [1.54, 1.807) is 64.6 Å². The van der Waals surface area contributed by atoms with Crippen LogP contribution in [0.2, 0.25) is 0 Å². The minimum Gasteiger partial charge on any atom is -0.340 e. The molecular formula is C62H58F3N27O7. The number of tetrazole rings is 1. The Labute approximate surface area is 559 Å². The Morgan fingerprint density at radius 1 is 0.545 bits per heavy atom. The summed E-state index contributed by atoms with van der Waals surface area (Å²) in [6, 6.07) is 10.3. The monoisotopic (exact) mass is 1350 g/mol. The summed E-state index contributed by atoms with van der Waals surface area (Å²) < 4.78 is 51.0. The van der Waals surface area contributed by atoms with Crippen LogP contribution in [0.4, 0.5) is 61.7 Å². The van der Waals surface area contributed by atoms with Gasteiger partial charge in [-0.05, 0) is 54.6 Å². The fraction of sp³-hybridized carbons (Fsp3) is 0.339. The first-order chi connectivity index (χ1) is 47.8. The highest BCUT2D eigenvalue weighted by atomic mass is 19.1. The summed E-state index contributed by atoms with van der Waals surface area (Å²) in [5.74, 6) is -1.27. The Balaban J connectivity index is 0.000000133. The van der Waals surface area contributed by atoms with E-state index in [0.717, 1.165) is 40.8 Å². The summed E-state index contributed by atoms with van der Waals surface area (Å²) >= 11 is 0. The summed E-state index contributed by atoms with van der Waals surface area (Å²) in [5, 5.41) is 46.7. The first-order valence-electron chi connectivity index (χ1n) is 30.9. The average molecular weight is 1350 g/mol. The highest BCUT2D eigenvalue weighted by molar-refractivity contribution is 5.97. The normalized spacial score (nSPS) is 17.7. The lowest BCUT2D eigenvalue weighted by molar-refractivity contribution is 0.0779. The second-order valence-corrected chi connectivity index (χ2v) is 24.1. The van der Waals surface area contributed by atoms with Crippen LogP contribution >= 0.6 is 0 Å². The zero-order valence-electron chi connectivity index (χ0n) is 53.0. The fourth-order valence-electron chi connectivity index (χ4n) is 12.7. The highest BCUT2D eigenvalue weighted by Crippen LogP contribution is 2.34. The van der Waals surface area contributed by atoms with Crippen LogP contribution in [0.3, 0.4) is 0 Å². The number of fused-ring (bicyclic) bond motifs is 9. The number of halogens is 3. The Bertz CT molecular complexity index is 4310. The molecule has 3 atom stereocenters. The average Bonchev–Trinajstić information content (AvgIpc) is 1.63. The van der Waals surface area contributed by atoms with E-state index in [9.17, 15) is 41.9 Å². The lowest BCUT2D eigenvalue weighted by Crippen LogP contribution is -2.39. The quantitative estimate of drug-likeness (QED) is 0.117. The molecule has 0 saturated carbocycles. The molecule has 12 heterocycles. The molecule has 0 spiro atoms. The molecule has 0 radical (unpaired) electrons. The van der Waals surface area contributed by atoms with Gasteiger partial charge in [0.2, 0.25) is 23.0 Å². The minimum absolute atomic E-state index is 0.0847. The number of carbonyl (C=O) groups is 6. The van der Waals surface area contributed by atoms with E-state index in [-0.39, 0.29) is 72.2 Å². The third-order valence-corrected chi connectivity index (χ3v) is 17.7. The van der Waals surface area contributed by atoms with E-state index in [2.05, 4.69) is 91.7 Å². The zero-order chi connectivity index (χ0) is 69.3. The molecule has 6 aliphatic heterocycles. The summed E-state index contributed by atoms with van der Waals surface area (Å²) in [6.07, 6.45) is 4.25. The van der Waals surface area contributed by atoms with Gasteiger partial charge in [-0.1, -0.05) is 10.4 Å². The molecule has 3 aromatic carbocycles. The van der Waals surface area contributed by atoms with Gasteiger partial charge in [0.25, 0.3) is 17.7 Å². The SMILES string of the molecule is [C-]#[N+]c1cc(NC(=O)N2CCc3nn4c(c3C2)C(=O)N(C)CC(c2ncn[nH]2)C4)ccc1F.[C-]#[N+]c1cc(NC(=O)N2CCc3nn4c(c3C2)C(=O)N(C)CC(c2ncno2)C4)ccc1F.[C-]#[N+]c1cc(NC(=O)N2CCc3nn4c(c3C2)C(=O)N(C)CC(c2nn[nH]n2)C4)ccc1F. The molecule has 504 valence electrons. The van der Waals surface area contributed by atoms with E-state index >= 15 is 0 Å². The van der Waals surface area contributed by atoms with Crippen LogP contribution in [-0.2, 0) is 58.5 Å². The number of benzene rings is 3. The lowest BCUT2D eigenvalue weighted by atomic mass is 10.0. The number of hydrogen-bond donors (Lipinski definition) is 5. The smallest absolute Gasteiger partial charge is 0.322 e. The van der Waals surface area contributed by atoms with Crippen molar-refractivity contribution in [3.8, 4) is 0 Å². The van der Waals surface area contributed by atoms with Crippen molar-refractivity contribution in [2.24, 2.45) is 0 Å². The molecule has 34 nitrogen and oxygen atoms in total. The van der Waals surface area contributed by atoms with Crippen LogP contribution in [0.5, 0.6) is 0 Å². The van der Waals surface area contributed by atoms with Crippen molar-refractivity contribution in [1.82, 2.24) is 105 Å². The van der Waals surface area contributed by atoms with Gasteiger partial charge in [0.1, 0.15) is 46.7 Å². The number of urea groups is 3. The molecule has 99 heavy (non-hydrogen) atoms. The number of nitrogens with one attached hydrogen (secondary N) is 5. The molecule has 0 fully saturated rings. The zero-order valence-corrected chi connectivity index (χ0v) is 53.0. The Morgan fingerprint density at radius 2 is 0.949 bits per heavy atom. The van der Waals surface area contributed by atoms with E-state index in [4.69, 9.17) is 24.2 Å². The number of anilines is 3. The largest absolute Gasteiger partial charge is 0.340 e. The van der Waals surface area contributed by atoms with Crippen LogP contribution in [0.25, 0.3) is 14.5 Å². The predicted octanol–water partition coefficient (Wildman–Crippen LogP) is 6.11. The van der Waals surface area contributed by atoms with Gasteiger partial charge in [-0.15, -0.1) is 10.2 Å². The van der Waals surface area contributed by atoms with Gasteiger partial charge in [0, 0.05) is 113 Å². The van der Waals surface area contributed by atoms with Gasteiger partial charge in [-0.2, -0.15) is 30.6 Å². The molecule has 9 amide bonds. The van der Waals surface area contributed by atoms with E-state index in [1.807, 2.05) is 0 Å². The van der Waals surface area contributed by atoms with Gasteiger partial charge in [-0.25, -0.2) is 47.1 Å². The van der Waals surface area contributed by atoms with Gasteiger partial charge >= 0.3 is 18.1 Å². The number of hydrogen-bond acceptors (Lipinski definition) is 17. The van der Waals surface area contributed by atoms with Gasteiger partial charge in [0.05, 0.1) is 93.8 Å². The number of carbonyl (C=O) groups excluding carboxylic acids is 6. The molecule has 9 aromatic rings. The van der Waals surface area contributed by atoms with Crippen LogP contribution in [0.15, 0.2) is 71.8 Å². The first-order valence-corrected chi connectivity index (χ1v) is 30.9. The fourth-order valence-corrected chi connectivity index (χ4v) is 12.7. The highest BCUT2D eigenvalue weighted by Gasteiger charge is 2.40. The molecular weight excluding hydrogens is 1290 g/mol. The molecule has 6 aromatic heterocycles. The molecule has 0 aliphatic carbocycles. The van der Waals surface area contributed by atoms with E-state index < -0.39 is 35.5 Å². The molecule has 0 bridgehead atoms. The maximum absolute atomic E-state index is 13.6. The number of nitrogens with zero attached hydrogens (tertiary/aromatic N) is 22. The third-order valence-electron chi connectivity index (χ3n) is 17.7. The number of aromatic nitrogens is 15. The molecule has 15 rings (SSSR count). The predicted molar refractivity (Wildman–Crippen MR) is 338 cm³/mol. The first kappa shape index (κ1) is 64.8. The van der Waals surface area contributed by atoms with Crippen molar-refractivity contribution in [3.63, 3.8) is 0 Å². The maximum atomic E-state index is 13.6. The number of aromatic amines is 2. The van der Waals surface area contributed by atoms with Crippen molar-refractivity contribution < 1.29 is 46.5 Å². The van der Waals surface area contributed by atoms with Crippen molar-refractivity contribution in [3.05, 3.63) is 187 Å². The Morgan fingerprint density at radius 3 is 1.32 bits per heavy atom. The van der Waals surface area contributed by atoms with E-state index in [1.165, 1.54) is 49.1 Å². The van der Waals surface area contributed by atoms with Crippen LogP contribution in [0.1, 0.15) is 101 Å². The molecule has 37 heteroatoms. The summed E-state index contributed by atoms with van der Waals surface area (Å²) in [6.45, 7) is 25.5. The number of H-pyrrole nitrogens is 2. The lowest BCUT2D eigenvalue weighted by Gasteiger charge is -2.27. The summed E-state index contributed by atoms with van der Waals surface area (Å²) in [7, 11) is 5.15.